The van der Waals surface area contributed by atoms with Gasteiger partial charge >= 0.3 is 0 Å². The quantitative estimate of drug-likeness (QED) is 0.896. The molecule has 0 aliphatic carbocycles. The molecule has 5 heteroatoms. The summed E-state index contributed by atoms with van der Waals surface area (Å²) in [5.74, 6) is 0.400. The van der Waals surface area contributed by atoms with E-state index in [1.54, 1.807) is 12.1 Å². The second-order valence-corrected chi connectivity index (χ2v) is 4.75. The zero-order valence-corrected chi connectivity index (χ0v) is 11.1. The fourth-order valence-electron chi connectivity index (χ4n) is 2.10. The van der Waals surface area contributed by atoms with Crippen LogP contribution in [-0.4, -0.2) is 43.1 Å². The molecule has 2 rings (SSSR count). The van der Waals surface area contributed by atoms with Crippen LogP contribution in [0.5, 0.6) is 5.75 Å². The summed E-state index contributed by atoms with van der Waals surface area (Å²) in [7, 11) is 0. The Labute approximate surface area is 112 Å². The van der Waals surface area contributed by atoms with Gasteiger partial charge in [-0.1, -0.05) is 0 Å². The average molecular weight is 266 g/mol. The van der Waals surface area contributed by atoms with Crippen molar-refractivity contribution in [1.29, 1.82) is 0 Å². The minimum Gasteiger partial charge on any atom is -0.493 e. The van der Waals surface area contributed by atoms with E-state index in [1.807, 2.05) is 4.90 Å². The Morgan fingerprint density at radius 3 is 2.89 bits per heavy atom. The SMILES string of the molecule is CC1CN(C(=O)CCOc2ccc(F)cc2)CCN1. The van der Waals surface area contributed by atoms with E-state index >= 15 is 0 Å². The number of hydrogen-bond donors (Lipinski definition) is 1. The van der Waals surface area contributed by atoms with Crippen molar-refractivity contribution in [2.45, 2.75) is 19.4 Å². The van der Waals surface area contributed by atoms with Crippen LogP contribution in [0.15, 0.2) is 24.3 Å². The van der Waals surface area contributed by atoms with Crippen LogP contribution >= 0.6 is 0 Å². The minimum atomic E-state index is -0.293. The number of benzene rings is 1. The normalized spacial score (nSPS) is 19.3. The molecule has 1 saturated heterocycles. The van der Waals surface area contributed by atoms with Crippen molar-refractivity contribution in [1.82, 2.24) is 10.2 Å². The molecule has 0 spiro atoms. The molecule has 0 radical (unpaired) electrons. The van der Waals surface area contributed by atoms with Crippen LogP contribution in [-0.2, 0) is 4.79 Å². The van der Waals surface area contributed by atoms with Crippen LogP contribution < -0.4 is 10.1 Å². The second kappa shape index (κ2) is 6.52. The highest BCUT2D eigenvalue weighted by Crippen LogP contribution is 2.11. The first-order valence-electron chi connectivity index (χ1n) is 6.54. The van der Waals surface area contributed by atoms with Gasteiger partial charge in [0.25, 0.3) is 0 Å². The first kappa shape index (κ1) is 13.8. The molecule has 1 unspecified atom stereocenters. The highest BCUT2D eigenvalue weighted by Gasteiger charge is 2.19. The van der Waals surface area contributed by atoms with Gasteiger partial charge < -0.3 is 15.0 Å². The molecule has 1 aromatic carbocycles. The summed E-state index contributed by atoms with van der Waals surface area (Å²) in [5.41, 5.74) is 0. The zero-order chi connectivity index (χ0) is 13.7. The van der Waals surface area contributed by atoms with Crippen molar-refractivity contribution in [2.24, 2.45) is 0 Å². The van der Waals surface area contributed by atoms with E-state index in [0.717, 1.165) is 19.6 Å². The van der Waals surface area contributed by atoms with Gasteiger partial charge in [-0.3, -0.25) is 4.79 Å². The molecule has 1 aliphatic heterocycles. The number of piperazine rings is 1. The molecule has 0 bridgehead atoms. The Bertz CT molecular complexity index is 422. The number of ether oxygens (including phenoxy) is 1. The number of carbonyl (C=O) groups is 1. The zero-order valence-electron chi connectivity index (χ0n) is 11.1. The molecule has 1 heterocycles. The Kier molecular flexibility index (Phi) is 4.74. The molecule has 4 nitrogen and oxygen atoms in total. The Morgan fingerprint density at radius 2 is 2.21 bits per heavy atom. The number of nitrogens with one attached hydrogen (secondary N) is 1. The lowest BCUT2D eigenvalue weighted by Gasteiger charge is -2.31. The molecule has 1 aliphatic rings. The summed E-state index contributed by atoms with van der Waals surface area (Å²) in [6, 6.07) is 6.15. The summed E-state index contributed by atoms with van der Waals surface area (Å²) in [5, 5.41) is 3.29. The minimum absolute atomic E-state index is 0.107. The summed E-state index contributed by atoms with van der Waals surface area (Å²) < 4.78 is 18.1. The van der Waals surface area contributed by atoms with Gasteiger partial charge in [-0.25, -0.2) is 4.39 Å². The molecule has 1 amide bonds. The molecule has 1 aromatic rings. The molecule has 0 saturated carbocycles. The predicted molar refractivity (Wildman–Crippen MR) is 70.6 cm³/mol. The standard InChI is InChI=1S/C14H19FN2O2/c1-11-10-17(8-7-16-11)14(18)6-9-19-13-4-2-12(15)3-5-13/h2-5,11,16H,6-10H2,1H3. The van der Waals surface area contributed by atoms with E-state index in [2.05, 4.69) is 12.2 Å². The van der Waals surface area contributed by atoms with Gasteiger partial charge in [-0.15, -0.1) is 0 Å². The fourth-order valence-corrected chi connectivity index (χ4v) is 2.10. The number of nitrogens with zero attached hydrogens (tertiary/aromatic N) is 1. The van der Waals surface area contributed by atoms with E-state index in [0.29, 0.717) is 24.8 Å². The number of amides is 1. The van der Waals surface area contributed by atoms with E-state index in [4.69, 9.17) is 4.74 Å². The molecular formula is C14H19FN2O2. The monoisotopic (exact) mass is 266 g/mol. The smallest absolute Gasteiger partial charge is 0.226 e. The fraction of sp³-hybridized carbons (Fsp3) is 0.500. The van der Waals surface area contributed by atoms with Gasteiger partial charge in [-0.2, -0.15) is 0 Å². The average Bonchev–Trinajstić information content (AvgIpc) is 2.41. The van der Waals surface area contributed by atoms with Crippen molar-refractivity contribution in [3.63, 3.8) is 0 Å². The Morgan fingerprint density at radius 1 is 1.47 bits per heavy atom. The number of rotatable bonds is 4. The highest BCUT2D eigenvalue weighted by atomic mass is 19.1. The van der Waals surface area contributed by atoms with Crippen LogP contribution in [0.25, 0.3) is 0 Å². The largest absolute Gasteiger partial charge is 0.493 e. The van der Waals surface area contributed by atoms with E-state index < -0.39 is 0 Å². The van der Waals surface area contributed by atoms with Crippen LogP contribution in [0.1, 0.15) is 13.3 Å². The number of hydrogen-bond acceptors (Lipinski definition) is 3. The molecule has 0 aromatic heterocycles. The van der Waals surface area contributed by atoms with Crippen LogP contribution in [0.2, 0.25) is 0 Å². The molecule has 1 atom stereocenters. The third kappa shape index (κ3) is 4.21. The summed E-state index contributed by atoms with van der Waals surface area (Å²) >= 11 is 0. The lowest BCUT2D eigenvalue weighted by Crippen LogP contribution is -2.51. The van der Waals surface area contributed by atoms with E-state index in [9.17, 15) is 9.18 Å². The highest BCUT2D eigenvalue weighted by molar-refractivity contribution is 5.76. The number of halogens is 1. The summed E-state index contributed by atoms with van der Waals surface area (Å²) in [6.07, 6.45) is 0.351. The third-order valence-electron chi connectivity index (χ3n) is 3.12. The second-order valence-electron chi connectivity index (χ2n) is 4.75. The predicted octanol–water partition coefficient (Wildman–Crippen LogP) is 1.41. The summed E-state index contributed by atoms with van der Waals surface area (Å²) in [4.78, 5) is 13.8. The Hall–Kier alpha value is -1.62. The van der Waals surface area contributed by atoms with Crippen molar-refractivity contribution >= 4 is 5.91 Å². The summed E-state index contributed by atoms with van der Waals surface area (Å²) in [6.45, 7) is 4.72. The van der Waals surface area contributed by atoms with Crippen molar-refractivity contribution < 1.29 is 13.9 Å². The van der Waals surface area contributed by atoms with Crippen LogP contribution in [0.4, 0.5) is 4.39 Å². The molecular weight excluding hydrogens is 247 g/mol. The molecule has 104 valence electrons. The van der Waals surface area contributed by atoms with Crippen LogP contribution in [0, 0.1) is 5.82 Å². The van der Waals surface area contributed by atoms with Gasteiger partial charge in [0.1, 0.15) is 11.6 Å². The first-order valence-corrected chi connectivity index (χ1v) is 6.54. The molecule has 1 N–H and O–H groups in total. The van der Waals surface area contributed by atoms with Crippen molar-refractivity contribution in [3.8, 4) is 5.75 Å². The molecule has 1 fully saturated rings. The van der Waals surface area contributed by atoms with Gasteiger partial charge in [0.15, 0.2) is 0 Å². The maximum atomic E-state index is 12.7. The first-order chi connectivity index (χ1) is 9.15. The van der Waals surface area contributed by atoms with Gasteiger partial charge in [-0.05, 0) is 31.2 Å². The van der Waals surface area contributed by atoms with Crippen LogP contribution in [0.3, 0.4) is 0 Å². The lowest BCUT2D eigenvalue weighted by molar-refractivity contribution is -0.132. The molecule has 19 heavy (non-hydrogen) atoms. The third-order valence-corrected chi connectivity index (χ3v) is 3.12. The van der Waals surface area contributed by atoms with Gasteiger partial charge in [0, 0.05) is 25.7 Å². The van der Waals surface area contributed by atoms with Gasteiger partial charge in [0.2, 0.25) is 5.91 Å². The van der Waals surface area contributed by atoms with E-state index in [-0.39, 0.29) is 11.7 Å². The lowest BCUT2D eigenvalue weighted by atomic mass is 10.2. The maximum Gasteiger partial charge on any atom is 0.226 e. The van der Waals surface area contributed by atoms with Gasteiger partial charge in [0.05, 0.1) is 13.0 Å². The number of carbonyl (C=O) groups excluding carboxylic acids is 1. The Balaban J connectivity index is 1.73. The van der Waals surface area contributed by atoms with E-state index in [1.165, 1.54) is 12.1 Å². The van der Waals surface area contributed by atoms with Crippen molar-refractivity contribution in [2.75, 3.05) is 26.2 Å². The topological polar surface area (TPSA) is 41.6 Å². The van der Waals surface area contributed by atoms with Crippen molar-refractivity contribution in [3.05, 3.63) is 30.1 Å². The maximum absolute atomic E-state index is 12.7.